The lowest BCUT2D eigenvalue weighted by atomic mass is 10.0. The Morgan fingerprint density at radius 2 is 1.13 bits per heavy atom. The fourth-order valence-corrected chi connectivity index (χ4v) is 8.52. The third kappa shape index (κ3) is 4.41. The van der Waals surface area contributed by atoms with Gasteiger partial charge in [0.15, 0.2) is 11.4 Å². The van der Waals surface area contributed by atoms with E-state index in [1.807, 2.05) is 42.5 Å². The molecule has 12 aromatic rings. The maximum absolute atomic E-state index is 6.92. The molecule has 4 heterocycles. The van der Waals surface area contributed by atoms with Gasteiger partial charge >= 0.3 is 0 Å². The molecule has 5 heteroatoms. The Morgan fingerprint density at radius 3 is 1.98 bits per heavy atom. The number of rotatable bonds is 4. The monoisotopic (exact) mass is 703 g/mol. The number of para-hydroxylation sites is 2. The number of fused-ring (bicyclic) bond motifs is 11. The molecule has 0 aliphatic heterocycles. The van der Waals surface area contributed by atoms with Crippen LogP contribution in [-0.2, 0) is 0 Å². The molecule has 0 fully saturated rings. The summed E-state index contributed by atoms with van der Waals surface area (Å²) in [5.74, 6) is 0.623. The van der Waals surface area contributed by atoms with Gasteiger partial charge in [0.05, 0.1) is 22.1 Å². The van der Waals surface area contributed by atoms with E-state index in [0.29, 0.717) is 17.1 Å². The summed E-state index contributed by atoms with van der Waals surface area (Å²) in [6.07, 6.45) is 0. The van der Waals surface area contributed by atoms with Gasteiger partial charge in [-0.1, -0.05) is 140 Å². The van der Waals surface area contributed by atoms with Crippen molar-refractivity contribution in [2.75, 3.05) is 0 Å². The van der Waals surface area contributed by atoms with E-state index in [-0.39, 0.29) is 0 Å². The van der Waals surface area contributed by atoms with E-state index in [1.165, 1.54) is 27.1 Å². The average molecular weight is 704 g/mol. The van der Waals surface area contributed by atoms with Crippen LogP contribution in [0.3, 0.4) is 0 Å². The first-order chi connectivity index (χ1) is 27.3. The van der Waals surface area contributed by atoms with Crippen LogP contribution in [0, 0.1) is 0 Å². The van der Waals surface area contributed by atoms with Gasteiger partial charge in [-0.2, -0.15) is 0 Å². The molecule has 4 aromatic heterocycles. The summed E-state index contributed by atoms with van der Waals surface area (Å²) in [5.41, 5.74) is 11.7. The second kappa shape index (κ2) is 11.5. The number of hydrogen-bond donors (Lipinski definition) is 0. The van der Waals surface area contributed by atoms with Crippen molar-refractivity contribution in [3.63, 3.8) is 0 Å². The third-order valence-electron chi connectivity index (χ3n) is 11.0. The van der Waals surface area contributed by atoms with Crippen LogP contribution >= 0.6 is 0 Å². The van der Waals surface area contributed by atoms with Crippen molar-refractivity contribution in [1.82, 2.24) is 14.5 Å². The summed E-state index contributed by atoms with van der Waals surface area (Å²) in [6, 6.07) is 61.3. The number of nitrogens with zero attached hydrogens (tertiary/aromatic N) is 3. The Bertz CT molecular complexity index is 3480. The summed E-state index contributed by atoms with van der Waals surface area (Å²) in [6.45, 7) is 0. The molecule has 256 valence electrons. The van der Waals surface area contributed by atoms with E-state index in [2.05, 4.69) is 138 Å². The Morgan fingerprint density at radius 1 is 0.436 bits per heavy atom. The molecule has 55 heavy (non-hydrogen) atoms. The first kappa shape index (κ1) is 30.0. The van der Waals surface area contributed by atoms with Crippen LogP contribution in [0.15, 0.2) is 185 Å². The van der Waals surface area contributed by atoms with Crippen molar-refractivity contribution in [2.24, 2.45) is 0 Å². The second-order valence-electron chi connectivity index (χ2n) is 14.1. The van der Waals surface area contributed by atoms with Crippen LogP contribution in [0.4, 0.5) is 0 Å². The van der Waals surface area contributed by atoms with Gasteiger partial charge in [-0.25, -0.2) is 9.97 Å². The van der Waals surface area contributed by atoms with Crippen molar-refractivity contribution < 1.29 is 8.83 Å². The van der Waals surface area contributed by atoms with E-state index < -0.39 is 0 Å². The van der Waals surface area contributed by atoms with Gasteiger partial charge in [-0.05, 0) is 52.9 Å². The van der Waals surface area contributed by atoms with Crippen molar-refractivity contribution in [3.8, 4) is 39.5 Å². The molecule has 0 N–H and O–H groups in total. The second-order valence-corrected chi connectivity index (χ2v) is 14.1. The lowest BCUT2D eigenvalue weighted by Crippen LogP contribution is -1.98. The van der Waals surface area contributed by atoms with Crippen molar-refractivity contribution in [2.45, 2.75) is 0 Å². The van der Waals surface area contributed by atoms with Gasteiger partial charge < -0.3 is 13.4 Å². The average Bonchev–Trinajstić information content (AvgIpc) is 3.94. The van der Waals surface area contributed by atoms with Crippen LogP contribution in [0.2, 0.25) is 0 Å². The smallest absolute Gasteiger partial charge is 0.180 e. The van der Waals surface area contributed by atoms with Gasteiger partial charge in [0.1, 0.15) is 28.0 Å². The van der Waals surface area contributed by atoms with E-state index in [1.54, 1.807) is 0 Å². The highest BCUT2D eigenvalue weighted by molar-refractivity contribution is 6.22. The van der Waals surface area contributed by atoms with Gasteiger partial charge in [0.25, 0.3) is 0 Å². The molecule has 12 rings (SSSR count). The fraction of sp³-hybridized carbons (Fsp3) is 0. The quantitative estimate of drug-likeness (QED) is 0.183. The zero-order valence-corrected chi connectivity index (χ0v) is 29.4. The molecule has 0 amide bonds. The standard InChI is InChI=1S/C50H29N3O2/c1-3-13-30(14-4-1)33-24-28-43-39(29-33)46-49(55-43)45(51-50(52-46)32-16-5-2-6-17-32)38-26-27-41(44-37-20-10-12-22-42(37)54-48(38)44)53-40-21-11-9-19-35(40)36-25-23-31-15-7-8-18-34(31)47(36)53/h1-29H. The first-order valence-corrected chi connectivity index (χ1v) is 18.5. The van der Waals surface area contributed by atoms with Gasteiger partial charge in [-0.3, -0.25) is 0 Å². The van der Waals surface area contributed by atoms with Crippen LogP contribution in [0.25, 0.3) is 116 Å². The predicted octanol–water partition coefficient (Wildman–Crippen LogP) is 13.5. The van der Waals surface area contributed by atoms with Crippen LogP contribution in [-0.4, -0.2) is 14.5 Å². The summed E-state index contributed by atoms with van der Waals surface area (Å²) in [4.78, 5) is 10.5. The number of aromatic nitrogens is 3. The Labute approximate surface area is 314 Å². The number of furan rings is 2. The molecular formula is C50H29N3O2. The number of benzene rings is 8. The Hall–Kier alpha value is -7.50. The van der Waals surface area contributed by atoms with E-state index in [0.717, 1.165) is 71.9 Å². The summed E-state index contributed by atoms with van der Waals surface area (Å²) in [5, 5.41) is 7.79. The van der Waals surface area contributed by atoms with Crippen LogP contribution in [0.1, 0.15) is 0 Å². The van der Waals surface area contributed by atoms with Gasteiger partial charge in [0, 0.05) is 38.1 Å². The zero-order valence-electron chi connectivity index (χ0n) is 29.4. The van der Waals surface area contributed by atoms with Crippen molar-refractivity contribution in [3.05, 3.63) is 176 Å². The Kier molecular flexibility index (Phi) is 6.27. The molecule has 5 nitrogen and oxygen atoms in total. The highest BCUT2D eigenvalue weighted by Crippen LogP contribution is 2.45. The largest absolute Gasteiger partial charge is 0.455 e. The summed E-state index contributed by atoms with van der Waals surface area (Å²) >= 11 is 0. The van der Waals surface area contributed by atoms with Gasteiger partial charge in [0.2, 0.25) is 0 Å². The molecule has 0 spiro atoms. The maximum atomic E-state index is 6.92. The number of hydrogen-bond acceptors (Lipinski definition) is 4. The SMILES string of the molecule is c1ccc(-c2ccc3oc4c(-c5ccc(-n6c7ccccc7c7ccc8ccccc8c76)c6c5oc5ccccc56)nc(-c5ccccc5)nc4c3c2)cc1. The molecule has 0 atom stereocenters. The molecular weight excluding hydrogens is 675 g/mol. The van der Waals surface area contributed by atoms with Gasteiger partial charge in [-0.15, -0.1) is 0 Å². The van der Waals surface area contributed by atoms with E-state index in [9.17, 15) is 0 Å². The van der Waals surface area contributed by atoms with E-state index >= 15 is 0 Å². The fourth-order valence-electron chi connectivity index (χ4n) is 8.52. The molecule has 0 aliphatic rings. The van der Waals surface area contributed by atoms with Crippen LogP contribution < -0.4 is 0 Å². The summed E-state index contributed by atoms with van der Waals surface area (Å²) < 4.78 is 16.1. The van der Waals surface area contributed by atoms with Crippen molar-refractivity contribution >= 4 is 76.6 Å². The van der Waals surface area contributed by atoms with Crippen LogP contribution in [0.5, 0.6) is 0 Å². The molecule has 0 unspecified atom stereocenters. The molecule has 0 saturated carbocycles. The topological polar surface area (TPSA) is 57.0 Å². The lowest BCUT2D eigenvalue weighted by molar-refractivity contribution is 0.662. The minimum absolute atomic E-state index is 0.622. The molecule has 0 saturated heterocycles. The normalized spacial score (nSPS) is 12.0. The highest BCUT2D eigenvalue weighted by Gasteiger charge is 2.25. The predicted molar refractivity (Wildman–Crippen MR) is 225 cm³/mol. The lowest BCUT2D eigenvalue weighted by Gasteiger charge is -2.13. The molecule has 0 aliphatic carbocycles. The third-order valence-corrected chi connectivity index (χ3v) is 11.0. The van der Waals surface area contributed by atoms with Crippen molar-refractivity contribution in [1.29, 1.82) is 0 Å². The minimum Gasteiger partial charge on any atom is -0.455 e. The highest BCUT2D eigenvalue weighted by atomic mass is 16.3. The summed E-state index contributed by atoms with van der Waals surface area (Å²) in [7, 11) is 0. The zero-order chi connectivity index (χ0) is 36.0. The molecule has 0 radical (unpaired) electrons. The minimum atomic E-state index is 0.622. The Balaban J connectivity index is 1.20. The van der Waals surface area contributed by atoms with E-state index in [4.69, 9.17) is 18.8 Å². The molecule has 0 bridgehead atoms. The first-order valence-electron chi connectivity index (χ1n) is 18.5. The molecule has 8 aromatic carbocycles. The maximum Gasteiger partial charge on any atom is 0.180 e.